The molecule has 0 aliphatic carbocycles. The predicted molar refractivity (Wildman–Crippen MR) is 76.2 cm³/mol. The number of H-pyrrole nitrogens is 1. The van der Waals surface area contributed by atoms with Gasteiger partial charge in [0.25, 0.3) is 11.1 Å². The van der Waals surface area contributed by atoms with Gasteiger partial charge in [-0.1, -0.05) is 12.1 Å². The van der Waals surface area contributed by atoms with E-state index >= 15 is 0 Å². The SMILES string of the molecule is O=C(Cn1[nH]c(=O)c2ccccc2c1=O)N1CCOCC1. The molecular formula is C14H15N3O4. The van der Waals surface area contributed by atoms with Crippen LogP contribution in [0.2, 0.25) is 0 Å². The highest BCUT2D eigenvalue weighted by Gasteiger charge is 2.18. The third-order valence-corrected chi connectivity index (χ3v) is 3.54. The number of hydrogen-bond donors (Lipinski definition) is 1. The molecule has 0 spiro atoms. The maximum absolute atomic E-state index is 12.3. The lowest BCUT2D eigenvalue weighted by molar-refractivity contribution is -0.136. The minimum Gasteiger partial charge on any atom is -0.378 e. The van der Waals surface area contributed by atoms with Gasteiger partial charge in [-0.05, 0) is 12.1 Å². The maximum Gasteiger partial charge on any atom is 0.273 e. The number of carbonyl (C=O) groups is 1. The van der Waals surface area contributed by atoms with Gasteiger partial charge in [0.05, 0.1) is 24.0 Å². The summed E-state index contributed by atoms with van der Waals surface area (Å²) in [6, 6.07) is 6.56. The van der Waals surface area contributed by atoms with Crippen molar-refractivity contribution in [2.45, 2.75) is 6.54 Å². The van der Waals surface area contributed by atoms with Crippen molar-refractivity contribution < 1.29 is 9.53 Å². The minimum absolute atomic E-state index is 0.168. The van der Waals surface area contributed by atoms with Crippen molar-refractivity contribution in [3.8, 4) is 0 Å². The van der Waals surface area contributed by atoms with Crippen molar-refractivity contribution in [2.75, 3.05) is 26.3 Å². The zero-order chi connectivity index (χ0) is 14.8. The van der Waals surface area contributed by atoms with Crippen LogP contribution in [0.1, 0.15) is 0 Å². The van der Waals surface area contributed by atoms with Crippen molar-refractivity contribution in [2.24, 2.45) is 0 Å². The molecule has 0 unspecified atom stereocenters. The second-order valence-electron chi connectivity index (χ2n) is 4.87. The number of hydrogen-bond acceptors (Lipinski definition) is 4. The van der Waals surface area contributed by atoms with Crippen LogP contribution < -0.4 is 11.1 Å². The summed E-state index contributed by atoms with van der Waals surface area (Å²) in [7, 11) is 0. The smallest absolute Gasteiger partial charge is 0.273 e. The lowest BCUT2D eigenvalue weighted by Crippen LogP contribution is -2.44. The first-order valence-corrected chi connectivity index (χ1v) is 6.74. The van der Waals surface area contributed by atoms with E-state index in [1.807, 2.05) is 0 Å². The van der Waals surface area contributed by atoms with Crippen LogP contribution in [-0.4, -0.2) is 46.9 Å². The zero-order valence-electron chi connectivity index (χ0n) is 11.4. The average molecular weight is 289 g/mol. The van der Waals surface area contributed by atoms with E-state index in [0.717, 1.165) is 4.68 Å². The molecule has 1 aromatic carbocycles. The molecule has 2 aromatic rings. The Bertz CT molecular complexity index is 787. The van der Waals surface area contributed by atoms with Crippen molar-refractivity contribution in [1.29, 1.82) is 0 Å². The van der Waals surface area contributed by atoms with E-state index in [-0.39, 0.29) is 23.6 Å². The van der Waals surface area contributed by atoms with Gasteiger partial charge >= 0.3 is 0 Å². The van der Waals surface area contributed by atoms with E-state index in [1.54, 1.807) is 29.2 Å². The third kappa shape index (κ3) is 2.59. The number of rotatable bonds is 2. The molecule has 1 saturated heterocycles. The Labute approximate surface area is 119 Å². The first-order chi connectivity index (χ1) is 10.2. The van der Waals surface area contributed by atoms with Crippen LogP contribution in [0.3, 0.4) is 0 Å². The monoisotopic (exact) mass is 289 g/mol. The Morgan fingerprint density at radius 2 is 1.81 bits per heavy atom. The summed E-state index contributed by atoms with van der Waals surface area (Å²) in [5.41, 5.74) is -0.744. The Hall–Kier alpha value is -2.41. The van der Waals surface area contributed by atoms with Gasteiger partial charge in [0.1, 0.15) is 6.54 Å². The highest BCUT2D eigenvalue weighted by atomic mass is 16.5. The molecule has 2 heterocycles. The quantitative estimate of drug-likeness (QED) is 0.811. The number of amides is 1. The summed E-state index contributed by atoms with van der Waals surface area (Å²) in [5.74, 6) is -0.202. The Kier molecular flexibility index (Phi) is 3.57. The van der Waals surface area contributed by atoms with Gasteiger partial charge in [0.15, 0.2) is 0 Å². The number of aromatic amines is 1. The van der Waals surface area contributed by atoms with Gasteiger partial charge < -0.3 is 9.64 Å². The standard InChI is InChI=1S/C14H15N3O4/c18-12(16-5-7-21-8-6-16)9-17-14(20)11-4-2-1-3-10(11)13(19)15-17/h1-4H,5-9H2,(H,15,19). The van der Waals surface area contributed by atoms with Crippen LogP contribution in [0.15, 0.2) is 33.9 Å². The molecule has 110 valence electrons. The first-order valence-electron chi connectivity index (χ1n) is 6.74. The molecule has 1 aliphatic heterocycles. The van der Waals surface area contributed by atoms with Gasteiger partial charge in [-0.3, -0.25) is 19.5 Å². The summed E-state index contributed by atoms with van der Waals surface area (Å²) in [6.07, 6.45) is 0. The van der Waals surface area contributed by atoms with Gasteiger partial charge in [-0.25, -0.2) is 4.68 Å². The Balaban J connectivity index is 1.94. The van der Waals surface area contributed by atoms with Crippen molar-refractivity contribution in [1.82, 2.24) is 14.7 Å². The van der Waals surface area contributed by atoms with Crippen LogP contribution in [-0.2, 0) is 16.1 Å². The highest BCUT2D eigenvalue weighted by Crippen LogP contribution is 2.03. The number of benzene rings is 1. The van der Waals surface area contributed by atoms with Crippen molar-refractivity contribution >= 4 is 16.7 Å². The fourth-order valence-corrected chi connectivity index (χ4v) is 2.41. The normalized spacial score (nSPS) is 15.3. The molecule has 1 fully saturated rings. The number of fused-ring (bicyclic) bond motifs is 1. The molecule has 1 aliphatic rings. The molecule has 0 radical (unpaired) electrons. The van der Waals surface area contributed by atoms with Gasteiger partial charge in [-0.2, -0.15) is 0 Å². The molecule has 0 atom stereocenters. The third-order valence-electron chi connectivity index (χ3n) is 3.54. The van der Waals surface area contributed by atoms with E-state index in [1.165, 1.54) is 0 Å². The van der Waals surface area contributed by atoms with Crippen LogP contribution in [0, 0.1) is 0 Å². The zero-order valence-corrected chi connectivity index (χ0v) is 11.4. The molecule has 1 aromatic heterocycles. The molecule has 3 rings (SSSR count). The second-order valence-corrected chi connectivity index (χ2v) is 4.87. The van der Waals surface area contributed by atoms with E-state index in [4.69, 9.17) is 4.74 Å². The van der Waals surface area contributed by atoms with E-state index in [9.17, 15) is 14.4 Å². The van der Waals surface area contributed by atoms with Gasteiger partial charge in [-0.15, -0.1) is 0 Å². The topological polar surface area (TPSA) is 84.4 Å². The number of nitrogens with zero attached hydrogens (tertiary/aromatic N) is 2. The van der Waals surface area contributed by atoms with Crippen molar-refractivity contribution in [3.63, 3.8) is 0 Å². The summed E-state index contributed by atoms with van der Waals surface area (Å²) >= 11 is 0. The molecule has 1 amide bonds. The average Bonchev–Trinajstić information content (AvgIpc) is 2.53. The Morgan fingerprint density at radius 3 is 2.52 bits per heavy atom. The second kappa shape index (κ2) is 5.53. The lowest BCUT2D eigenvalue weighted by atomic mass is 10.2. The number of ether oxygens (including phenoxy) is 1. The molecule has 7 heteroatoms. The van der Waals surface area contributed by atoms with Crippen LogP contribution in [0.4, 0.5) is 0 Å². The van der Waals surface area contributed by atoms with Crippen molar-refractivity contribution in [3.05, 3.63) is 45.0 Å². The van der Waals surface area contributed by atoms with Gasteiger partial charge in [0, 0.05) is 13.1 Å². The molecule has 1 N–H and O–H groups in total. The van der Waals surface area contributed by atoms with Crippen LogP contribution >= 0.6 is 0 Å². The molecular weight excluding hydrogens is 274 g/mol. The summed E-state index contributed by atoms with van der Waals surface area (Å²) in [4.78, 5) is 38.0. The Morgan fingerprint density at radius 1 is 1.14 bits per heavy atom. The highest BCUT2D eigenvalue weighted by molar-refractivity contribution is 5.81. The van der Waals surface area contributed by atoms with E-state index < -0.39 is 0 Å². The number of aromatic nitrogens is 2. The number of morpholine rings is 1. The molecule has 0 bridgehead atoms. The van der Waals surface area contributed by atoms with E-state index in [0.29, 0.717) is 37.1 Å². The predicted octanol–water partition coefficient (Wildman–Crippen LogP) is -0.451. The first kappa shape index (κ1) is 13.6. The summed E-state index contributed by atoms with van der Waals surface area (Å²) in [5, 5.41) is 3.11. The molecule has 21 heavy (non-hydrogen) atoms. The van der Waals surface area contributed by atoms with Crippen LogP contribution in [0.5, 0.6) is 0 Å². The lowest BCUT2D eigenvalue weighted by Gasteiger charge is -2.26. The summed E-state index contributed by atoms with van der Waals surface area (Å²) in [6.45, 7) is 1.83. The molecule has 7 nitrogen and oxygen atoms in total. The van der Waals surface area contributed by atoms with Gasteiger partial charge in [0.2, 0.25) is 5.91 Å². The fraction of sp³-hybridized carbons (Fsp3) is 0.357. The maximum atomic E-state index is 12.3. The number of carbonyl (C=O) groups excluding carboxylic acids is 1. The fourth-order valence-electron chi connectivity index (χ4n) is 2.41. The van der Waals surface area contributed by atoms with E-state index in [2.05, 4.69) is 5.10 Å². The summed E-state index contributed by atoms with van der Waals surface area (Å²) < 4.78 is 6.25. The van der Waals surface area contributed by atoms with Crippen LogP contribution in [0.25, 0.3) is 10.8 Å². The molecule has 0 saturated carbocycles. The largest absolute Gasteiger partial charge is 0.378 e. The number of nitrogens with one attached hydrogen (secondary N) is 1. The minimum atomic E-state index is -0.375.